The van der Waals surface area contributed by atoms with Crippen LogP contribution < -0.4 is 0 Å². The fraction of sp³-hybridized carbons (Fsp3) is 0.348. The molecule has 2 aromatic carbocycles. The molecule has 3 rings (SSSR count). The van der Waals surface area contributed by atoms with Gasteiger partial charge in [-0.2, -0.15) is 0 Å². The predicted molar refractivity (Wildman–Crippen MR) is 120 cm³/mol. The largest absolute Gasteiger partial charge is 0.337 e. The van der Waals surface area contributed by atoms with Crippen LogP contribution in [-0.4, -0.2) is 41.3 Å². The summed E-state index contributed by atoms with van der Waals surface area (Å²) in [6, 6.07) is 13.1. The van der Waals surface area contributed by atoms with Crippen molar-refractivity contribution in [2.24, 2.45) is 0 Å². The number of benzene rings is 2. The van der Waals surface area contributed by atoms with Crippen molar-refractivity contribution in [2.75, 3.05) is 26.2 Å². The van der Waals surface area contributed by atoms with Gasteiger partial charge >= 0.3 is 0 Å². The van der Waals surface area contributed by atoms with Gasteiger partial charge in [-0.1, -0.05) is 50.6 Å². The van der Waals surface area contributed by atoms with Gasteiger partial charge in [0.2, 0.25) is 5.91 Å². The lowest BCUT2D eigenvalue weighted by atomic mass is 9.87. The van der Waals surface area contributed by atoms with Crippen LogP contribution in [0.4, 0.5) is 4.39 Å². The summed E-state index contributed by atoms with van der Waals surface area (Å²) < 4.78 is 16.1. The molecule has 29 heavy (non-hydrogen) atoms. The van der Waals surface area contributed by atoms with Gasteiger partial charge in [-0.25, -0.2) is 8.70 Å². The molecule has 1 aliphatic heterocycles. The minimum atomic E-state index is -0.430. The maximum atomic E-state index is 13.8. The van der Waals surface area contributed by atoms with E-state index in [-0.39, 0.29) is 11.3 Å². The van der Waals surface area contributed by atoms with Crippen LogP contribution in [0.1, 0.15) is 31.9 Å². The van der Waals surface area contributed by atoms with E-state index < -0.39 is 5.82 Å². The van der Waals surface area contributed by atoms with Gasteiger partial charge in [0.05, 0.1) is 0 Å². The smallest absolute Gasteiger partial charge is 0.246 e. The van der Waals surface area contributed by atoms with Crippen molar-refractivity contribution < 1.29 is 9.18 Å². The molecule has 6 heteroatoms. The Morgan fingerprint density at radius 2 is 1.72 bits per heavy atom. The van der Waals surface area contributed by atoms with E-state index in [4.69, 9.17) is 11.6 Å². The fourth-order valence-electron chi connectivity index (χ4n) is 3.07. The van der Waals surface area contributed by atoms with Crippen molar-refractivity contribution in [3.8, 4) is 0 Å². The van der Waals surface area contributed by atoms with Gasteiger partial charge in [0, 0.05) is 47.7 Å². The third kappa shape index (κ3) is 6.08. The lowest BCUT2D eigenvalue weighted by molar-refractivity contribution is -0.127. The average molecular weight is 433 g/mol. The number of nitrogens with zero attached hydrogens (tertiary/aromatic N) is 2. The van der Waals surface area contributed by atoms with E-state index in [1.807, 2.05) is 0 Å². The van der Waals surface area contributed by atoms with Gasteiger partial charge in [-0.05, 0) is 53.3 Å². The summed E-state index contributed by atoms with van der Waals surface area (Å²) in [5.74, 6) is -0.529. The van der Waals surface area contributed by atoms with Crippen molar-refractivity contribution in [1.29, 1.82) is 0 Å². The molecule has 0 aromatic heterocycles. The first-order valence-electron chi connectivity index (χ1n) is 9.68. The Morgan fingerprint density at radius 1 is 1.07 bits per heavy atom. The molecule has 1 heterocycles. The highest BCUT2D eigenvalue weighted by Gasteiger charge is 2.21. The average Bonchev–Trinajstić information content (AvgIpc) is 2.67. The first-order chi connectivity index (χ1) is 13.7. The van der Waals surface area contributed by atoms with Crippen LogP contribution in [-0.2, 0) is 10.2 Å². The minimum absolute atomic E-state index is 0.0986. The summed E-state index contributed by atoms with van der Waals surface area (Å²) in [6.45, 7) is 9.52. The highest BCUT2D eigenvalue weighted by molar-refractivity contribution is 7.97. The maximum absolute atomic E-state index is 13.8. The second-order valence-electron chi connectivity index (χ2n) is 8.12. The minimum Gasteiger partial charge on any atom is -0.337 e. The third-order valence-corrected chi connectivity index (χ3v) is 6.21. The van der Waals surface area contributed by atoms with Crippen LogP contribution >= 0.6 is 23.5 Å². The van der Waals surface area contributed by atoms with Crippen LogP contribution in [0.15, 0.2) is 53.4 Å². The summed E-state index contributed by atoms with van der Waals surface area (Å²) in [5, 5.41) is 0.340. The molecule has 0 N–H and O–H groups in total. The normalized spacial score (nSPS) is 15.8. The van der Waals surface area contributed by atoms with E-state index in [9.17, 15) is 9.18 Å². The van der Waals surface area contributed by atoms with E-state index in [1.54, 1.807) is 29.0 Å². The molecule has 154 valence electrons. The lowest BCUT2D eigenvalue weighted by Gasteiger charge is -2.33. The molecule has 0 aliphatic carbocycles. The van der Waals surface area contributed by atoms with Gasteiger partial charge in [-0.3, -0.25) is 4.79 Å². The lowest BCUT2D eigenvalue weighted by Crippen LogP contribution is -2.45. The molecule has 0 unspecified atom stereocenters. The molecule has 3 nitrogen and oxygen atoms in total. The summed E-state index contributed by atoms with van der Waals surface area (Å²) in [7, 11) is 0. The Kier molecular flexibility index (Phi) is 7.04. The molecule has 0 radical (unpaired) electrons. The number of hydrogen-bond donors (Lipinski definition) is 0. The number of carbonyl (C=O) groups is 1. The van der Waals surface area contributed by atoms with Crippen molar-refractivity contribution in [3.63, 3.8) is 0 Å². The fourth-order valence-corrected chi connectivity index (χ4v) is 4.13. The summed E-state index contributed by atoms with van der Waals surface area (Å²) >= 11 is 7.48. The Morgan fingerprint density at radius 3 is 2.31 bits per heavy atom. The molecular weight excluding hydrogens is 407 g/mol. The van der Waals surface area contributed by atoms with Gasteiger partial charge in [-0.15, -0.1) is 0 Å². The van der Waals surface area contributed by atoms with Crippen molar-refractivity contribution in [2.45, 2.75) is 31.1 Å². The number of rotatable bonds is 4. The number of hydrogen-bond acceptors (Lipinski definition) is 3. The number of amides is 1. The van der Waals surface area contributed by atoms with Crippen LogP contribution in [0, 0.1) is 5.82 Å². The highest BCUT2D eigenvalue weighted by atomic mass is 35.5. The molecule has 2 aromatic rings. The van der Waals surface area contributed by atoms with E-state index >= 15 is 0 Å². The van der Waals surface area contributed by atoms with Crippen molar-refractivity contribution in [3.05, 3.63) is 70.5 Å². The first kappa shape index (κ1) is 21.9. The SMILES string of the molecule is CC(C)(C)c1ccc(SN2CCN(C(=O)/C=C/c3ccc(Cl)cc3F)CC2)cc1. The molecule has 0 spiro atoms. The van der Waals surface area contributed by atoms with E-state index in [0.29, 0.717) is 23.7 Å². The monoisotopic (exact) mass is 432 g/mol. The van der Waals surface area contributed by atoms with Crippen molar-refractivity contribution in [1.82, 2.24) is 9.21 Å². The quantitative estimate of drug-likeness (QED) is 0.461. The Hall–Kier alpha value is -1.82. The summed E-state index contributed by atoms with van der Waals surface area (Å²) in [5.41, 5.74) is 1.83. The number of carbonyl (C=O) groups excluding carboxylic acids is 1. The van der Waals surface area contributed by atoms with Crippen molar-refractivity contribution >= 4 is 35.5 Å². The Bertz CT molecular complexity index is 885. The maximum Gasteiger partial charge on any atom is 0.246 e. The highest BCUT2D eigenvalue weighted by Crippen LogP contribution is 2.28. The molecule has 1 aliphatic rings. The molecule has 0 atom stereocenters. The molecule has 1 saturated heterocycles. The van der Waals surface area contributed by atoms with Crippen LogP contribution in [0.25, 0.3) is 6.08 Å². The molecule has 0 saturated carbocycles. The Labute approximate surface area is 181 Å². The zero-order valence-electron chi connectivity index (χ0n) is 17.0. The zero-order chi connectivity index (χ0) is 21.0. The number of halogens is 2. The molecule has 0 bridgehead atoms. The van der Waals surface area contributed by atoms with Crippen LogP contribution in [0.3, 0.4) is 0 Å². The predicted octanol–water partition coefficient (Wildman–Crippen LogP) is 5.64. The third-order valence-electron chi connectivity index (χ3n) is 4.87. The zero-order valence-corrected chi connectivity index (χ0v) is 18.6. The second-order valence-corrected chi connectivity index (χ2v) is 9.73. The van der Waals surface area contributed by atoms with Crippen LogP contribution in [0.2, 0.25) is 5.02 Å². The van der Waals surface area contributed by atoms with Crippen LogP contribution in [0.5, 0.6) is 0 Å². The number of piperazine rings is 1. The van der Waals surface area contributed by atoms with Gasteiger partial charge in [0.25, 0.3) is 0 Å². The van der Waals surface area contributed by atoms with Gasteiger partial charge < -0.3 is 4.90 Å². The topological polar surface area (TPSA) is 23.6 Å². The Balaban J connectivity index is 1.51. The molecular formula is C23H26ClFN2OS. The second kappa shape index (κ2) is 9.33. The van der Waals surface area contributed by atoms with E-state index in [2.05, 4.69) is 49.3 Å². The molecule has 1 amide bonds. The first-order valence-corrected chi connectivity index (χ1v) is 10.8. The van der Waals surface area contributed by atoms with E-state index in [1.165, 1.54) is 28.7 Å². The summed E-state index contributed by atoms with van der Waals surface area (Å²) in [4.78, 5) is 15.4. The van der Waals surface area contributed by atoms with Gasteiger partial charge in [0.15, 0.2) is 0 Å². The standard InChI is InChI=1S/C23H26ClFN2OS/c1-23(2,3)18-6-9-20(10-7-18)29-27-14-12-26(13-15-27)22(28)11-5-17-4-8-19(24)16-21(17)25/h4-11,16H,12-15H2,1-3H3/b11-5+. The van der Waals surface area contributed by atoms with E-state index in [0.717, 1.165) is 13.1 Å². The van der Waals surface area contributed by atoms with Gasteiger partial charge in [0.1, 0.15) is 5.82 Å². The molecule has 1 fully saturated rings. The summed E-state index contributed by atoms with van der Waals surface area (Å²) in [6.07, 6.45) is 2.94.